The quantitative estimate of drug-likeness (QED) is 0.747. The Kier molecular flexibility index (Phi) is 6.75. The van der Waals surface area contributed by atoms with Gasteiger partial charge in [-0.15, -0.1) is 0 Å². The van der Waals surface area contributed by atoms with Crippen molar-refractivity contribution in [3.8, 4) is 0 Å². The molecule has 3 rings (SSSR count). The summed E-state index contributed by atoms with van der Waals surface area (Å²) in [6, 6.07) is 4.94. The number of amides is 1. The highest BCUT2D eigenvalue weighted by molar-refractivity contribution is 7.89. The molecule has 1 amide bonds. The first kappa shape index (κ1) is 21.2. The van der Waals surface area contributed by atoms with Crippen molar-refractivity contribution in [2.45, 2.75) is 44.6 Å². The topological polar surface area (TPSA) is 80.2 Å². The Bertz CT molecular complexity index is 806. The number of nitrogens with zero attached hydrogens (tertiary/aromatic N) is 1. The maximum absolute atomic E-state index is 13.0. The van der Waals surface area contributed by atoms with Crippen LogP contribution in [-0.2, 0) is 19.6 Å². The Hall–Kier alpha value is -1.48. The van der Waals surface area contributed by atoms with Gasteiger partial charge in [-0.3, -0.25) is 4.79 Å². The number of hydrogen-bond donors (Lipinski definition) is 2. The van der Waals surface area contributed by atoms with Crippen LogP contribution in [0.25, 0.3) is 0 Å². The van der Waals surface area contributed by atoms with E-state index < -0.39 is 10.0 Å². The lowest BCUT2D eigenvalue weighted by Gasteiger charge is -2.31. The summed E-state index contributed by atoms with van der Waals surface area (Å²) in [5, 5.41) is 2.93. The van der Waals surface area contributed by atoms with Gasteiger partial charge in [0.2, 0.25) is 10.0 Å². The molecule has 0 aliphatic carbocycles. The van der Waals surface area contributed by atoms with Gasteiger partial charge in [0.25, 0.3) is 5.91 Å². The Labute approximate surface area is 168 Å². The van der Waals surface area contributed by atoms with E-state index in [2.05, 4.69) is 12.2 Å². The third-order valence-electron chi connectivity index (χ3n) is 5.85. The molecule has 2 aliphatic rings. The minimum Gasteiger partial charge on any atom is -0.379 e. The van der Waals surface area contributed by atoms with E-state index in [1.54, 1.807) is 25.1 Å². The minimum atomic E-state index is -3.60. The number of aryl methyl sites for hydroxylation is 1. The van der Waals surface area contributed by atoms with Gasteiger partial charge in [0.1, 0.15) is 0 Å². The molecule has 1 unspecified atom stereocenters. The summed E-state index contributed by atoms with van der Waals surface area (Å²) < 4.78 is 32.7. The van der Waals surface area contributed by atoms with Crippen molar-refractivity contribution in [2.24, 2.45) is 5.92 Å². The summed E-state index contributed by atoms with van der Waals surface area (Å²) >= 11 is 0. The molecule has 2 saturated heterocycles. The van der Waals surface area contributed by atoms with E-state index >= 15 is 0 Å². The molecule has 0 radical (unpaired) electrons. The first-order valence-electron chi connectivity index (χ1n) is 10.1. The van der Waals surface area contributed by atoms with Crippen LogP contribution >= 0.6 is 0 Å². The summed E-state index contributed by atoms with van der Waals surface area (Å²) in [7, 11) is -3.60. The monoisotopic (exact) mass is 410 g/mol. The number of carbonyl (C=O) groups excluding carboxylic acids is 1. The first-order valence-corrected chi connectivity index (χ1v) is 11.6. The average Bonchev–Trinajstić information content (AvgIpc) is 2.69. The van der Waals surface area contributed by atoms with E-state index in [9.17, 15) is 13.2 Å². The fraction of sp³-hybridized carbons (Fsp3) is 0.650. The largest absolute Gasteiger partial charge is 0.379 e. The van der Waals surface area contributed by atoms with Crippen molar-refractivity contribution in [1.29, 1.82) is 0 Å². The highest BCUT2D eigenvalue weighted by Crippen LogP contribution is 2.24. The third-order valence-corrected chi connectivity index (χ3v) is 7.90. The third kappa shape index (κ3) is 4.74. The lowest BCUT2D eigenvalue weighted by molar-refractivity contribution is -0.922. The summed E-state index contributed by atoms with van der Waals surface area (Å²) in [5.74, 6) is 0.561. The molecule has 0 saturated carbocycles. The van der Waals surface area contributed by atoms with E-state index in [1.807, 2.05) is 6.92 Å². The van der Waals surface area contributed by atoms with Gasteiger partial charge >= 0.3 is 0 Å². The zero-order valence-electron chi connectivity index (χ0n) is 17.0. The van der Waals surface area contributed by atoms with Crippen molar-refractivity contribution in [3.63, 3.8) is 0 Å². The van der Waals surface area contributed by atoms with Gasteiger partial charge in [0.05, 0.1) is 31.2 Å². The van der Waals surface area contributed by atoms with E-state index in [0.29, 0.717) is 43.5 Å². The van der Waals surface area contributed by atoms with Gasteiger partial charge in [-0.25, -0.2) is 8.42 Å². The average molecular weight is 411 g/mol. The van der Waals surface area contributed by atoms with Crippen LogP contribution in [0.3, 0.4) is 0 Å². The number of hydrogen-bond acceptors (Lipinski definition) is 4. The number of anilines is 1. The number of morpholine rings is 1. The van der Waals surface area contributed by atoms with E-state index in [4.69, 9.17) is 4.74 Å². The fourth-order valence-corrected chi connectivity index (χ4v) is 5.70. The summed E-state index contributed by atoms with van der Waals surface area (Å²) in [6.07, 6.45) is 2.36. The van der Waals surface area contributed by atoms with Crippen molar-refractivity contribution < 1.29 is 22.8 Å². The van der Waals surface area contributed by atoms with Crippen LogP contribution < -0.4 is 10.2 Å². The predicted molar refractivity (Wildman–Crippen MR) is 108 cm³/mol. The maximum Gasteiger partial charge on any atom is 0.282 e. The molecule has 8 heteroatoms. The highest BCUT2D eigenvalue weighted by Gasteiger charge is 2.31. The van der Waals surface area contributed by atoms with E-state index in [-0.39, 0.29) is 16.8 Å². The Morgan fingerprint density at radius 2 is 2.04 bits per heavy atom. The first-order chi connectivity index (χ1) is 13.3. The van der Waals surface area contributed by atoms with Crippen molar-refractivity contribution >= 4 is 21.6 Å². The van der Waals surface area contributed by atoms with Crippen LogP contribution in [0.1, 0.15) is 32.3 Å². The number of carbonyl (C=O) groups is 1. The molecule has 1 aromatic rings. The van der Waals surface area contributed by atoms with Crippen LogP contribution in [0.5, 0.6) is 0 Å². The molecule has 2 heterocycles. The molecule has 0 bridgehead atoms. The number of nitrogens with one attached hydrogen (secondary N) is 2. The minimum absolute atomic E-state index is 0.0670. The SMILES string of the molecule is Cc1ccc(NC(=O)[C@H](C)[NH+]2CCC[C@H](C)C2)cc1S(=O)(=O)N1CCOCC1. The smallest absolute Gasteiger partial charge is 0.282 e. The van der Waals surface area contributed by atoms with Crippen LogP contribution in [-0.4, -0.2) is 64.1 Å². The Morgan fingerprint density at radius 1 is 1.32 bits per heavy atom. The number of quaternary nitrogens is 1. The number of piperidine rings is 1. The molecule has 3 atom stereocenters. The second kappa shape index (κ2) is 8.90. The van der Waals surface area contributed by atoms with Crippen LogP contribution in [0.4, 0.5) is 5.69 Å². The van der Waals surface area contributed by atoms with Gasteiger partial charge < -0.3 is 15.0 Å². The summed E-state index contributed by atoms with van der Waals surface area (Å²) in [6.45, 7) is 9.47. The van der Waals surface area contributed by atoms with Gasteiger partial charge in [0.15, 0.2) is 6.04 Å². The highest BCUT2D eigenvalue weighted by atomic mass is 32.2. The molecule has 1 aromatic carbocycles. The molecular weight excluding hydrogens is 378 g/mol. The Balaban J connectivity index is 1.74. The number of benzene rings is 1. The van der Waals surface area contributed by atoms with Crippen LogP contribution in [0.2, 0.25) is 0 Å². The van der Waals surface area contributed by atoms with Crippen molar-refractivity contribution in [3.05, 3.63) is 23.8 Å². The van der Waals surface area contributed by atoms with Gasteiger partial charge in [-0.1, -0.05) is 13.0 Å². The van der Waals surface area contributed by atoms with Gasteiger partial charge in [0, 0.05) is 24.7 Å². The fourth-order valence-electron chi connectivity index (χ4n) is 4.04. The van der Waals surface area contributed by atoms with Crippen molar-refractivity contribution in [1.82, 2.24) is 4.31 Å². The number of ether oxygens (including phenoxy) is 1. The van der Waals surface area contributed by atoms with Crippen LogP contribution in [0.15, 0.2) is 23.1 Å². The summed E-state index contributed by atoms with van der Waals surface area (Å²) in [4.78, 5) is 14.3. The number of sulfonamides is 1. The van der Waals surface area contributed by atoms with E-state index in [1.165, 1.54) is 15.6 Å². The normalized spacial score (nSPS) is 25.2. The predicted octanol–water partition coefficient (Wildman–Crippen LogP) is 0.658. The molecule has 156 valence electrons. The second-order valence-corrected chi connectivity index (χ2v) is 9.97. The van der Waals surface area contributed by atoms with Gasteiger partial charge in [-0.2, -0.15) is 4.31 Å². The Morgan fingerprint density at radius 3 is 2.71 bits per heavy atom. The molecule has 0 spiro atoms. The lowest BCUT2D eigenvalue weighted by Crippen LogP contribution is -3.17. The maximum atomic E-state index is 13.0. The zero-order valence-corrected chi connectivity index (χ0v) is 17.8. The van der Waals surface area contributed by atoms with E-state index in [0.717, 1.165) is 19.5 Å². The molecular formula is C20H32N3O4S+. The van der Waals surface area contributed by atoms with Crippen molar-refractivity contribution in [2.75, 3.05) is 44.7 Å². The number of likely N-dealkylation sites (tertiary alicyclic amines) is 1. The molecule has 2 aliphatic heterocycles. The standard InChI is InChI=1S/C20H31N3O4S/c1-15-5-4-8-22(14-15)17(3)20(24)21-18-7-6-16(2)19(13-18)28(25,26)23-9-11-27-12-10-23/h6-7,13,15,17H,4-5,8-12,14H2,1-3H3,(H,21,24)/p+1/t15-,17-/m0/s1. The zero-order chi connectivity index (χ0) is 20.3. The van der Waals surface area contributed by atoms with Gasteiger partial charge in [-0.05, 0) is 44.4 Å². The molecule has 28 heavy (non-hydrogen) atoms. The number of rotatable bonds is 5. The lowest BCUT2D eigenvalue weighted by atomic mass is 9.99. The molecule has 2 N–H and O–H groups in total. The second-order valence-electron chi connectivity index (χ2n) is 8.07. The molecule has 7 nitrogen and oxygen atoms in total. The molecule has 2 fully saturated rings. The van der Waals surface area contributed by atoms with Crippen LogP contribution in [0, 0.1) is 12.8 Å². The molecule has 0 aromatic heterocycles. The summed E-state index contributed by atoms with van der Waals surface area (Å²) in [5.41, 5.74) is 1.20.